The molecule has 6 heteroatoms. The van der Waals surface area contributed by atoms with Gasteiger partial charge in [0.05, 0.1) is 5.52 Å². The normalized spacial score (nSPS) is 13.7. The molecule has 0 radical (unpaired) electrons. The highest BCUT2D eigenvalue weighted by Gasteiger charge is 2.27. The van der Waals surface area contributed by atoms with Gasteiger partial charge in [0.1, 0.15) is 0 Å². The number of amides is 1. The van der Waals surface area contributed by atoms with Crippen LogP contribution in [0.3, 0.4) is 0 Å². The maximum absolute atomic E-state index is 13.5. The van der Waals surface area contributed by atoms with E-state index < -0.39 is 11.6 Å². The van der Waals surface area contributed by atoms with Crippen molar-refractivity contribution in [2.24, 2.45) is 0 Å². The second-order valence-electron chi connectivity index (χ2n) is 7.15. The molecule has 4 rings (SSSR count). The van der Waals surface area contributed by atoms with Gasteiger partial charge in [-0.3, -0.25) is 9.59 Å². The smallest absolute Gasteiger partial charge is 0.258 e. The van der Waals surface area contributed by atoms with Crippen molar-refractivity contribution in [3.8, 4) is 0 Å². The molecule has 1 aromatic heterocycles. The van der Waals surface area contributed by atoms with Crippen molar-refractivity contribution in [2.45, 2.75) is 32.2 Å². The highest BCUT2D eigenvalue weighted by molar-refractivity contribution is 6.07. The van der Waals surface area contributed by atoms with Crippen LogP contribution in [0.4, 0.5) is 14.5 Å². The second-order valence-corrected chi connectivity index (χ2v) is 7.15. The third-order valence-corrected chi connectivity index (χ3v) is 5.32. The zero-order valence-electron chi connectivity index (χ0n) is 15.7. The summed E-state index contributed by atoms with van der Waals surface area (Å²) in [5.41, 5.74) is 2.46. The lowest BCUT2D eigenvalue weighted by Gasteiger charge is -2.19. The molecule has 1 fully saturated rings. The molecule has 1 heterocycles. The molecule has 1 amide bonds. The molecule has 0 atom stereocenters. The highest BCUT2D eigenvalue weighted by atomic mass is 19.2. The summed E-state index contributed by atoms with van der Waals surface area (Å²) in [5, 5.41) is 0.897. The molecule has 28 heavy (non-hydrogen) atoms. The van der Waals surface area contributed by atoms with Crippen molar-refractivity contribution < 1.29 is 13.6 Å². The molecular weight excluding hydrogens is 362 g/mol. The predicted molar refractivity (Wildman–Crippen MR) is 105 cm³/mol. The van der Waals surface area contributed by atoms with Crippen LogP contribution in [0, 0.1) is 11.6 Å². The van der Waals surface area contributed by atoms with Gasteiger partial charge < -0.3 is 9.47 Å². The van der Waals surface area contributed by atoms with E-state index in [9.17, 15) is 18.4 Å². The van der Waals surface area contributed by atoms with E-state index in [1.807, 2.05) is 6.92 Å². The van der Waals surface area contributed by atoms with Gasteiger partial charge >= 0.3 is 0 Å². The highest BCUT2D eigenvalue weighted by Crippen LogP contribution is 2.42. The fraction of sp³-hybridized carbons (Fsp3) is 0.273. The Hall–Kier alpha value is -3.02. The summed E-state index contributed by atoms with van der Waals surface area (Å²) in [4.78, 5) is 26.6. The van der Waals surface area contributed by atoms with Gasteiger partial charge in [0.15, 0.2) is 11.6 Å². The summed E-state index contributed by atoms with van der Waals surface area (Å²) in [7, 11) is 1.52. The maximum Gasteiger partial charge on any atom is 0.258 e. The van der Waals surface area contributed by atoms with Crippen LogP contribution in [0.1, 0.15) is 41.6 Å². The van der Waals surface area contributed by atoms with Crippen LogP contribution in [0.5, 0.6) is 0 Å². The number of rotatable bonds is 4. The predicted octanol–water partition coefficient (Wildman–Crippen LogP) is 4.45. The molecule has 0 aliphatic heterocycles. The van der Waals surface area contributed by atoms with E-state index in [-0.39, 0.29) is 17.2 Å². The van der Waals surface area contributed by atoms with Crippen LogP contribution < -0.4 is 10.5 Å². The Labute approximate surface area is 161 Å². The molecule has 0 saturated heterocycles. The SMILES string of the molecule is CCn1c(=O)cc(C2CC2)c2cc(C(=O)N(C)c3ccc(F)c(F)c3)ccc21. The van der Waals surface area contributed by atoms with Crippen molar-refractivity contribution >= 4 is 22.5 Å². The monoisotopic (exact) mass is 382 g/mol. The average molecular weight is 382 g/mol. The molecule has 0 N–H and O–H groups in total. The van der Waals surface area contributed by atoms with Crippen molar-refractivity contribution in [2.75, 3.05) is 11.9 Å². The van der Waals surface area contributed by atoms with E-state index in [0.717, 1.165) is 41.4 Å². The van der Waals surface area contributed by atoms with Crippen LogP contribution in [0.25, 0.3) is 10.9 Å². The molecule has 1 saturated carbocycles. The summed E-state index contributed by atoms with van der Waals surface area (Å²) in [6.07, 6.45) is 2.08. The fourth-order valence-corrected chi connectivity index (χ4v) is 3.61. The maximum atomic E-state index is 13.5. The number of aryl methyl sites for hydroxylation is 1. The molecule has 3 aromatic rings. The third kappa shape index (κ3) is 3.09. The standard InChI is InChI=1S/C22H20F2N2O2/c1-3-26-20-9-6-14(10-17(20)16(12-21(26)27)13-4-5-13)22(28)25(2)15-7-8-18(23)19(24)11-15/h6-13H,3-5H2,1-2H3. The van der Waals surface area contributed by atoms with E-state index >= 15 is 0 Å². The molecule has 0 spiro atoms. The summed E-state index contributed by atoms with van der Waals surface area (Å²) in [5.74, 6) is -1.93. The van der Waals surface area contributed by atoms with E-state index in [1.165, 1.54) is 18.0 Å². The molecule has 4 nitrogen and oxygen atoms in total. The number of hydrogen-bond acceptors (Lipinski definition) is 2. The number of carbonyl (C=O) groups is 1. The first kappa shape index (κ1) is 18.3. The van der Waals surface area contributed by atoms with Crippen molar-refractivity contribution in [3.63, 3.8) is 0 Å². The molecule has 1 aliphatic rings. The number of fused-ring (bicyclic) bond motifs is 1. The Morgan fingerprint density at radius 1 is 1.11 bits per heavy atom. The summed E-state index contributed by atoms with van der Waals surface area (Å²) < 4.78 is 28.4. The van der Waals surface area contributed by atoms with Gasteiger partial charge in [-0.2, -0.15) is 0 Å². The molecule has 2 aromatic carbocycles. The van der Waals surface area contributed by atoms with Gasteiger partial charge in [-0.25, -0.2) is 8.78 Å². The number of pyridine rings is 1. The van der Waals surface area contributed by atoms with Gasteiger partial charge in [-0.15, -0.1) is 0 Å². The second kappa shape index (κ2) is 6.86. The van der Waals surface area contributed by atoms with Crippen LogP contribution in [-0.4, -0.2) is 17.5 Å². The number of anilines is 1. The van der Waals surface area contributed by atoms with Crippen LogP contribution in [0.2, 0.25) is 0 Å². The summed E-state index contributed by atoms with van der Waals surface area (Å²) in [6.45, 7) is 2.45. The Bertz CT molecular complexity index is 1150. The van der Waals surface area contributed by atoms with Gasteiger partial charge in [0, 0.05) is 42.4 Å². The molecule has 0 unspecified atom stereocenters. The zero-order valence-corrected chi connectivity index (χ0v) is 15.7. The zero-order chi connectivity index (χ0) is 20.0. The lowest BCUT2D eigenvalue weighted by molar-refractivity contribution is 0.0993. The van der Waals surface area contributed by atoms with E-state index in [1.54, 1.807) is 28.8 Å². The van der Waals surface area contributed by atoms with Crippen LogP contribution in [0.15, 0.2) is 47.3 Å². The van der Waals surface area contributed by atoms with Crippen molar-refractivity contribution in [1.82, 2.24) is 4.57 Å². The first-order valence-electron chi connectivity index (χ1n) is 9.31. The Morgan fingerprint density at radius 3 is 2.50 bits per heavy atom. The lowest BCUT2D eigenvalue weighted by Crippen LogP contribution is -2.26. The molecule has 144 valence electrons. The average Bonchev–Trinajstić information content (AvgIpc) is 3.53. The minimum Gasteiger partial charge on any atom is -0.311 e. The number of nitrogens with zero attached hydrogens (tertiary/aromatic N) is 2. The number of halogens is 2. The number of aromatic nitrogens is 1. The Morgan fingerprint density at radius 2 is 1.86 bits per heavy atom. The minimum absolute atomic E-state index is 0.0325. The Kier molecular flexibility index (Phi) is 4.49. The van der Waals surface area contributed by atoms with Crippen molar-refractivity contribution in [1.29, 1.82) is 0 Å². The topological polar surface area (TPSA) is 42.3 Å². The quantitative estimate of drug-likeness (QED) is 0.669. The minimum atomic E-state index is -1.00. The van der Waals surface area contributed by atoms with Crippen LogP contribution in [-0.2, 0) is 6.54 Å². The lowest BCUT2D eigenvalue weighted by atomic mass is 10.0. The fourth-order valence-electron chi connectivity index (χ4n) is 3.61. The molecular formula is C22H20F2N2O2. The third-order valence-electron chi connectivity index (χ3n) is 5.32. The molecule has 0 bridgehead atoms. The first-order chi connectivity index (χ1) is 13.4. The van der Waals surface area contributed by atoms with Gasteiger partial charge in [0.25, 0.3) is 11.5 Å². The van der Waals surface area contributed by atoms with Gasteiger partial charge in [-0.05, 0) is 61.6 Å². The van der Waals surface area contributed by atoms with E-state index in [0.29, 0.717) is 18.0 Å². The van der Waals surface area contributed by atoms with E-state index in [4.69, 9.17) is 0 Å². The first-order valence-corrected chi connectivity index (χ1v) is 9.31. The van der Waals surface area contributed by atoms with Gasteiger partial charge in [-0.1, -0.05) is 0 Å². The number of hydrogen-bond donors (Lipinski definition) is 0. The largest absolute Gasteiger partial charge is 0.311 e. The van der Waals surface area contributed by atoms with E-state index in [2.05, 4.69) is 0 Å². The van der Waals surface area contributed by atoms with Crippen molar-refractivity contribution in [3.05, 3.63) is 75.6 Å². The van der Waals surface area contributed by atoms with Gasteiger partial charge in [0.2, 0.25) is 0 Å². The number of carbonyl (C=O) groups excluding carboxylic acids is 1. The number of benzene rings is 2. The Balaban J connectivity index is 1.79. The molecule has 1 aliphatic carbocycles. The summed E-state index contributed by atoms with van der Waals surface area (Å²) >= 11 is 0. The van der Waals surface area contributed by atoms with Crippen LogP contribution >= 0.6 is 0 Å². The summed E-state index contributed by atoms with van der Waals surface area (Å²) in [6, 6.07) is 10.3.